The van der Waals surface area contributed by atoms with Crippen LogP contribution < -0.4 is 10.5 Å². The van der Waals surface area contributed by atoms with Crippen LogP contribution in [0.2, 0.25) is 0 Å². The zero-order valence-electron chi connectivity index (χ0n) is 13.8. The molecule has 0 aromatic heterocycles. The first-order valence-electron chi connectivity index (χ1n) is 8.24. The average molecular weight is 290 g/mol. The van der Waals surface area contributed by atoms with Crippen LogP contribution in [0.1, 0.15) is 55.7 Å². The van der Waals surface area contributed by atoms with Gasteiger partial charge in [-0.1, -0.05) is 37.8 Å². The van der Waals surface area contributed by atoms with Crippen molar-refractivity contribution in [3.63, 3.8) is 0 Å². The summed E-state index contributed by atoms with van der Waals surface area (Å²) in [5.41, 5.74) is 8.59. The summed E-state index contributed by atoms with van der Waals surface area (Å²) in [6.45, 7) is 2.76. The molecule has 1 aromatic carbocycles. The minimum Gasteiger partial charge on any atom is -0.496 e. The van der Waals surface area contributed by atoms with Crippen molar-refractivity contribution in [3.8, 4) is 5.75 Å². The standard InChI is InChI=1S/C18H30N2O/c1-14-12-15(10-11-18(14)21-3)17(13-19)20(2)16-8-6-4-5-7-9-16/h10-12,16-17H,4-9,13,19H2,1-3H3. The summed E-state index contributed by atoms with van der Waals surface area (Å²) in [5, 5.41) is 0. The molecule has 3 heteroatoms. The summed E-state index contributed by atoms with van der Waals surface area (Å²) in [5.74, 6) is 0.951. The van der Waals surface area contributed by atoms with Crippen LogP contribution >= 0.6 is 0 Å². The van der Waals surface area contributed by atoms with Gasteiger partial charge in [0.1, 0.15) is 5.75 Å². The van der Waals surface area contributed by atoms with E-state index in [-0.39, 0.29) is 0 Å². The topological polar surface area (TPSA) is 38.5 Å². The van der Waals surface area contributed by atoms with Gasteiger partial charge in [0.2, 0.25) is 0 Å². The number of likely N-dealkylation sites (N-methyl/N-ethyl adjacent to an activating group) is 1. The Hall–Kier alpha value is -1.06. The van der Waals surface area contributed by atoms with Crippen molar-refractivity contribution < 1.29 is 4.74 Å². The second-order valence-corrected chi connectivity index (χ2v) is 6.29. The predicted octanol–water partition coefficient (Wildman–Crippen LogP) is 3.66. The van der Waals surface area contributed by atoms with E-state index in [1.807, 2.05) is 0 Å². The Balaban J connectivity index is 2.15. The molecule has 1 aliphatic rings. The Morgan fingerprint density at radius 1 is 1.24 bits per heavy atom. The fraction of sp³-hybridized carbons (Fsp3) is 0.667. The molecule has 0 amide bonds. The largest absolute Gasteiger partial charge is 0.496 e. The van der Waals surface area contributed by atoms with Crippen molar-refractivity contribution in [1.29, 1.82) is 0 Å². The van der Waals surface area contributed by atoms with E-state index in [9.17, 15) is 0 Å². The van der Waals surface area contributed by atoms with Crippen molar-refractivity contribution in [2.75, 3.05) is 20.7 Å². The number of methoxy groups -OCH3 is 1. The van der Waals surface area contributed by atoms with Gasteiger partial charge in [-0.15, -0.1) is 0 Å². The SMILES string of the molecule is COc1ccc(C(CN)N(C)C2CCCCCC2)cc1C. The van der Waals surface area contributed by atoms with E-state index in [4.69, 9.17) is 10.5 Å². The Kier molecular flexibility index (Phi) is 6.07. The molecule has 1 aliphatic carbocycles. The van der Waals surface area contributed by atoms with E-state index in [1.165, 1.54) is 49.7 Å². The molecule has 0 radical (unpaired) electrons. The monoisotopic (exact) mass is 290 g/mol. The lowest BCUT2D eigenvalue weighted by Gasteiger charge is -2.34. The summed E-state index contributed by atoms with van der Waals surface area (Å²) < 4.78 is 5.36. The Bertz CT molecular complexity index is 439. The highest BCUT2D eigenvalue weighted by Gasteiger charge is 2.24. The fourth-order valence-corrected chi connectivity index (χ4v) is 3.57. The normalized spacial score (nSPS) is 18.5. The van der Waals surface area contributed by atoms with Gasteiger partial charge >= 0.3 is 0 Å². The summed E-state index contributed by atoms with van der Waals surface area (Å²) in [4.78, 5) is 2.51. The molecule has 118 valence electrons. The van der Waals surface area contributed by atoms with Crippen LogP contribution in [-0.4, -0.2) is 31.6 Å². The van der Waals surface area contributed by atoms with Crippen LogP contribution in [-0.2, 0) is 0 Å². The number of nitrogens with zero attached hydrogens (tertiary/aromatic N) is 1. The Morgan fingerprint density at radius 3 is 2.43 bits per heavy atom. The summed E-state index contributed by atoms with van der Waals surface area (Å²) in [7, 11) is 3.97. The molecule has 3 nitrogen and oxygen atoms in total. The van der Waals surface area contributed by atoms with Crippen LogP contribution in [0, 0.1) is 6.92 Å². The van der Waals surface area contributed by atoms with Crippen LogP contribution in [0.15, 0.2) is 18.2 Å². The number of rotatable bonds is 5. The molecule has 0 spiro atoms. The van der Waals surface area contributed by atoms with Crippen molar-refractivity contribution in [2.45, 2.75) is 57.5 Å². The maximum Gasteiger partial charge on any atom is 0.121 e. The average Bonchev–Trinajstić information content (AvgIpc) is 2.77. The number of aryl methyl sites for hydroxylation is 1. The van der Waals surface area contributed by atoms with Gasteiger partial charge in [0, 0.05) is 18.6 Å². The molecule has 0 heterocycles. The van der Waals surface area contributed by atoms with E-state index in [1.54, 1.807) is 7.11 Å². The van der Waals surface area contributed by atoms with Gasteiger partial charge in [-0.05, 0) is 44.0 Å². The molecular formula is C18H30N2O. The summed E-state index contributed by atoms with van der Waals surface area (Å²) in [6, 6.07) is 7.43. The maximum absolute atomic E-state index is 6.10. The van der Waals surface area contributed by atoms with Gasteiger partial charge in [0.15, 0.2) is 0 Å². The third-order valence-corrected chi connectivity index (χ3v) is 4.92. The molecule has 2 rings (SSSR count). The van der Waals surface area contributed by atoms with E-state index >= 15 is 0 Å². The zero-order chi connectivity index (χ0) is 15.2. The number of benzene rings is 1. The third-order valence-electron chi connectivity index (χ3n) is 4.92. The van der Waals surface area contributed by atoms with E-state index in [0.717, 1.165) is 5.75 Å². The molecule has 21 heavy (non-hydrogen) atoms. The molecule has 2 N–H and O–H groups in total. The predicted molar refractivity (Wildman–Crippen MR) is 88.8 cm³/mol. The second kappa shape index (κ2) is 7.81. The number of hydrogen-bond acceptors (Lipinski definition) is 3. The number of ether oxygens (including phenoxy) is 1. The number of hydrogen-bond donors (Lipinski definition) is 1. The van der Waals surface area contributed by atoms with E-state index in [0.29, 0.717) is 18.6 Å². The van der Waals surface area contributed by atoms with Crippen molar-refractivity contribution in [1.82, 2.24) is 4.90 Å². The molecule has 1 fully saturated rings. The third kappa shape index (κ3) is 3.98. The van der Waals surface area contributed by atoms with Crippen molar-refractivity contribution >= 4 is 0 Å². The Labute approximate surface area is 129 Å². The smallest absolute Gasteiger partial charge is 0.121 e. The van der Waals surface area contributed by atoms with E-state index < -0.39 is 0 Å². The highest BCUT2D eigenvalue weighted by Crippen LogP contribution is 2.30. The highest BCUT2D eigenvalue weighted by molar-refractivity contribution is 5.37. The lowest BCUT2D eigenvalue weighted by molar-refractivity contribution is 0.161. The number of nitrogens with two attached hydrogens (primary N) is 1. The lowest BCUT2D eigenvalue weighted by Crippen LogP contribution is -2.38. The Morgan fingerprint density at radius 2 is 1.90 bits per heavy atom. The van der Waals surface area contributed by atoms with Crippen LogP contribution in [0.3, 0.4) is 0 Å². The van der Waals surface area contributed by atoms with Crippen molar-refractivity contribution in [2.24, 2.45) is 5.73 Å². The highest BCUT2D eigenvalue weighted by atomic mass is 16.5. The first-order chi connectivity index (χ1) is 10.2. The quantitative estimate of drug-likeness (QED) is 0.841. The molecule has 1 atom stereocenters. The minimum atomic E-state index is 0.303. The van der Waals surface area contributed by atoms with Gasteiger partial charge in [0.05, 0.1) is 7.11 Å². The first-order valence-corrected chi connectivity index (χ1v) is 8.24. The summed E-state index contributed by atoms with van der Waals surface area (Å²) >= 11 is 0. The van der Waals surface area contributed by atoms with Crippen LogP contribution in [0.5, 0.6) is 5.75 Å². The first kappa shape index (κ1) is 16.3. The second-order valence-electron chi connectivity index (χ2n) is 6.29. The molecule has 1 unspecified atom stereocenters. The van der Waals surface area contributed by atoms with Gasteiger partial charge in [-0.25, -0.2) is 0 Å². The zero-order valence-corrected chi connectivity index (χ0v) is 13.8. The molecule has 1 saturated carbocycles. The van der Waals surface area contributed by atoms with Crippen molar-refractivity contribution in [3.05, 3.63) is 29.3 Å². The molecule has 1 aromatic rings. The van der Waals surface area contributed by atoms with E-state index in [2.05, 4.69) is 37.1 Å². The van der Waals surface area contributed by atoms with Crippen LogP contribution in [0.25, 0.3) is 0 Å². The lowest BCUT2D eigenvalue weighted by atomic mass is 9.99. The molecule has 0 aliphatic heterocycles. The van der Waals surface area contributed by atoms with Gasteiger partial charge in [-0.2, -0.15) is 0 Å². The molecule has 0 saturated heterocycles. The van der Waals surface area contributed by atoms with Crippen LogP contribution in [0.4, 0.5) is 0 Å². The van der Waals surface area contributed by atoms with Gasteiger partial charge in [-0.3, -0.25) is 4.90 Å². The summed E-state index contributed by atoms with van der Waals surface area (Å²) in [6.07, 6.45) is 8.10. The maximum atomic E-state index is 6.10. The fourth-order valence-electron chi connectivity index (χ4n) is 3.57. The van der Waals surface area contributed by atoms with Gasteiger partial charge < -0.3 is 10.5 Å². The molecular weight excluding hydrogens is 260 g/mol. The van der Waals surface area contributed by atoms with Gasteiger partial charge in [0.25, 0.3) is 0 Å². The minimum absolute atomic E-state index is 0.303. The molecule has 0 bridgehead atoms.